The minimum Gasteiger partial charge on any atom is -0.314 e. The van der Waals surface area contributed by atoms with Crippen LogP contribution in [0.1, 0.15) is 11.4 Å². The van der Waals surface area contributed by atoms with E-state index in [2.05, 4.69) is 21.4 Å². The van der Waals surface area contributed by atoms with E-state index < -0.39 is 0 Å². The van der Waals surface area contributed by atoms with Gasteiger partial charge >= 0.3 is 0 Å². The van der Waals surface area contributed by atoms with Crippen molar-refractivity contribution in [3.05, 3.63) is 17.5 Å². The third-order valence-corrected chi connectivity index (χ3v) is 2.99. The van der Waals surface area contributed by atoms with E-state index in [1.54, 1.807) is 0 Å². The van der Waals surface area contributed by atoms with Gasteiger partial charge in [-0.1, -0.05) is 0 Å². The third-order valence-electron chi connectivity index (χ3n) is 2.99. The van der Waals surface area contributed by atoms with Gasteiger partial charge < -0.3 is 10.2 Å². The van der Waals surface area contributed by atoms with Gasteiger partial charge in [-0.25, -0.2) is 0 Å². The van der Waals surface area contributed by atoms with Crippen LogP contribution in [0.25, 0.3) is 0 Å². The molecular weight excluding hydrogens is 188 g/mol. The predicted molar refractivity (Wildman–Crippen MR) is 61.0 cm³/mol. The average molecular weight is 208 g/mol. The molecule has 0 atom stereocenters. The van der Waals surface area contributed by atoms with Crippen LogP contribution in [-0.4, -0.2) is 47.4 Å². The number of rotatable bonds is 3. The lowest BCUT2D eigenvalue weighted by Crippen LogP contribution is -2.44. The van der Waals surface area contributed by atoms with Gasteiger partial charge in [0.2, 0.25) is 0 Å². The molecule has 1 aliphatic heterocycles. The number of aromatic nitrogens is 2. The molecule has 1 fully saturated rings. The monoisotopic (exact) mass is 208 g/mol. The number of piperazine rings is 1. The quantitative estimate of drug-likeness (QED) is 0.769. The number of aryl methyl sites for hydroxylation is 2. The Bertz CT molecular complexity index is 312. The van der Waals surface area contributed by atoms with Gasteiger partial charge in [-0.05, 0) is 13.0 Å². The first kappa shape index (κ1) is 10.6. The maximum Gasteiger partial charge on any atom is 0.0596 e. The zero-order valence-electron chi connectivity index (χ0n) is 9.66. The standard InChI is InChI=1S/C11H20N4/c1-10-9-11(14(2)13-10)3-6-15-7-4-12-5-8-15/h9,12H,3-8H2,1-2H3. The van der Waals surface area contributed by atoms with Gasteiger partial charge in [-0.15, -0.1) is 0 Å². The molecule has 2 heterocycles. The molecule has 1 aromatic rings. The second-order valence-electron chi connectivity index (χ2n) is 4.24. The molecule has 2 rings (SSSR count). The first-order chi connectivity index (χ1) is 7.25. The van der Waals surface area contributed by atoms with Crippen molar-refractivity contribution in [1.29, 1.82) is 0 Å². The molecule has 0 amide bonds. The van der Waals surface area contributed by atoms with Crippen molar-refractivity contribution in [2.75, 3.05) is 32.7 Å². The zero-order chi connectivity index (χ0) is 10.7. The summed E-state index contributed by atoms with van der Waals surface area (Å²) in [6.45, 7) is 7.82. The molecule has 4 nitrogen and oxygen atoms in total. The zero-order valence-corrected chi connectivity index (χ0v) is 9.66. The largest absolute Gasteiger partial charge is 0.314 e. The van der Waals surface area contributed by atoms with Crippen LogP contribution in [0.4, 0.5) is 0 Å². The van der Waals surface area contributed by atoms with Crippen molar-refractivity contribution in [2.24, 2.45) is 7.05 Å². The van der Waals surface area contributed by atoms with Gasteiger partial charge in [0, 0.05) is 51.9 Å². The van der Waals surface area contributed by atoms with E-state index in [1.165, 1.54) is 18.8 Å². The Morgan fingerprint density at radius 3 is 2.73 bits per heavy atom. The first-order valence-electron chi connectivity index (χ1n) is 5.68. The lowest BCUT2D eigenvalue weighted by atomic mass is 10.2. The maximum atomic E-state index is 4.36. The minimum absolute atomic E-state index is 1.11. The molecule has 84 valence electrons. The molecule has 1 aromatic heterocycles. The van der Waals surface area contributed by atoms with Gasteiger partial charge in [-0.2, -0.15) is 5.10 Å². The van der Waals surface area contributed by atoms with Gasteiger partial charge in [0.15, 0.2) is 0 Å². The molecule has 0 spiro atoms. The van der Waals surface area contributed by atoms with E-state index >= 15 is 0 Å². The lowest BCUT2D eigenvalue weighted by molar-refractivity contribution is 0.242. The van der Waals surface area contributed by atoms with E-state index in [1.807, 2.05) is 18.7 Å². The van der Waals surface area contributed by atoms with E-state index in [9.17, 15) is 0 Å². The molecule has 1 saturated heterocycles. The van der Waals surface area contributed by atoms with Crippen molar-refractivity contribution in [2.45, 2.75) is 13.3 Å². The Hall–Kier alpha value is -0.870. The van der Waals surface area contributed by atoms with Crippen LogP contribution < -0.4 is 5.32 Å². The van der Waals surface area contributed by atoms with Crippen molar-refractivity contribution >= 4 is 0 Å². The molecule has 0 unspecified atom stereocenters. The fraction of sp³-hybridized carbons (Fsp3) is 0.727. The Morgan fingerprint density at radius 1 is 1.40 bits per heavy atom. The van der Waals surface area contributed by atoms with Gasteiger partial charge in [0.25, 0.3) is 0 Å². The fourth-order valence-corrected chi connectivity index (χ4v) is 2.11. The summed E-state index contributed by atoms with van der Waals surface area (Å²) in [4.78, 5) is 2.51. The molecule has 0 aromatic carbocycles. The third kappa shape index (κ3) is 2.79. The van der Waals surface area contributed by atoms with Crippen LogP contribution >= 0.6 is 0 Å². The van der Waals surface area contributed by atoms with Gasteiger partial charge in [0.1, 0.15) is 0 Å². The first-order valence-corrected chi connectivity index (χ1v) is 5.68. The number of nitrogens with zero attached hydrogens (tertiary/aromatic N) is 3. The molecule has 0 aliphatic carbocycles. The Morgan fingerprint density at radius 2 is 2.13 bits per heavy atom. The topological polar surface area (TPSA) is 33.1 Å². The van der Waals surface area contributed by atoms with Crippen LogP contribution in [-0.2, 0) is 13.5 Å². The second kappa shape index (κ2) is 4.77. The Balaban J connectivity index is 1.84. The molecule has 1 aliphatic rings. The summed E-state index contributed by atoms with van der Waals surface area (Å²) in [7, 11) is 2.03. The van der Waals surface area contributed by atoms with Crippen LogP contribution in [0, 0.1) is 6.92 Å². The predicted octanol–water partition coefficient (Wildman–Crippen LogP) is 0.176. The van der Waals surface area contributed by atoms with Crippen LogP contribution in [0.2, 0.25) is 0 Å². The van der Waals surface area contributed by atoms with Crippen molar-refractivity contribution < 1.29 is 0 Å². The molecule has 0 bridgehead atoms. The van der Waals surface area contributed by atoms with Crippen molar-refractivity contribution in [3.63, 3.8) is 0 Å². The Labute approximate surface area is 91.3 Å². The van der Waals surface area contributed by atoms with E-state index in [0.29, 0.717) is 0 Å². The van der Waals surface area contributed by atoms with Crippen molar-refractivity contribution in [1.82, 2.24) is 20.0 Å². The Kier molecular flexibility index (Phi) is 3.38. The van der Waals surface area contributed by atoms with Gasteiger partial charge in [-0.3, -0.25) is 4.68 Å². The normalized spacial score (nSPS) is 18.3. The average Bonchev–Trinajstić information content (AvgIpc) is 2.56. The second-order valence-corrected chi connectivity index (χ2v) is 4.24. The summed E-state index contributed by atoms with van der Waals surface area (Å²) in [5, 5.41) is 7.73. The minimum atomic E-state index is 1.11. The number of nitrogens with one attached hydrogen (secondary N) is 1. The highest BCUT2D eigenvalue weighted by atomic mass is 15.3. The summed E-state index contributed by atoms with van der Waals surface area (Å²) >= 11 is 0. The van der Waals surface area contributed by atoms with E-state index in [4.69, 9.17) is 0 Å². The van der Waals surface area contributed by atoms with Crippen LogP contribution in [0.15, 0.2) is 6.07 Å². The molecular formula is C11H20N4. The molecule has 1 N–H and O–H groups in total. The van der Waals surface area contributed by atoms with Crippen molar-refractivity contribution in [3.8, 4) is 0 Å². The number of hydrogen-bond acceptors (Lipinski definition) is 3. The van der Waals surface area contributed by atoms with Crippen LogP contribution in [0.3, 0.4) is 0 Å². The summed E-state index contributed by atoms with van der Waals surface area (Å²) in [5.41, 5.74) is 2.46. The highest BCUT2D eigenvalue weighted by molar-refractivity contribution is 5.08. The SMILES string of the molecule is Cc1cc(CCN2CCNCC2)n(C)n1. The summed E-state index contributed by atoms with van der Waals surface area (Å²) in [6.07, 6.45) is 1.11. The summed E-state index contributed by atoms with van der Waals surface area (Å²) in [5.74, 6) is 0. The molecule has 0 saturated carbocycles. The van der Waals surface area contributed by atoms with E-state index in [0.717, 1.165) is 31.7 Å². The maximum absolute atomic E-state index is 4.36. The highest BCUT2D eigenvalue weighted by Gasteiger charge is 2.10. The van der Waals surface area contributed by atoms with Crippen LogP contribution in [0.5, 0.6) is 0 Å². The van der Waals surface area contributed by atoms with Gasteiger partial charge in [0.05, 0.1) is 5.69 Å². The molecule has 4 heteroatoms. The summed E-state index contributed by atoms with van der Waals surface area (Å²) in [6, 6.07) is 2.18. The fourth-order valence-electron chi connectivity index (χ4n) is 2.11. The highest BCUT2D eigenvalue weighted by Crippen LogP contribution is 2.04. The summed E-state index contributed by atoms with van der Waals surface area (Å²) < 4.78 is 2.00. The van der Waals surface area contributed by atoms with E-state index in [-0.39, 0.29) is 0 Å². The molecule has 0 radical (unpaired) electrons. The molecule has 15 heavy (non-hydrogen) atoms. The number of hydrogen-bond donors (Lipinski definition) is 1. The smallest absolute Gasteiger partial charge is 0.0596 e. The lowest BCUT2D eigenvalue weighted by Gasteiger charge is -2.26.